The van der Waals surface area contributed by atoms with Crippen LogP contribution in [0.25, 0.3) is 0 Å². The number of nitrogens with one attached hydrogen (secondary N) is 1. The van der Waals surface area contributed by atoms with Crippen molar-refractivity contribution in [2.24, 2.45) is 22.7 Å². The largest absolute Gasteiger partial charge is 0.494 e. The van der Waals surface area contributed by atoms with Crippen LogP contribution in [-0.4, -0.2) is 30.7 Å². The molecule has 0 saturated carbocycles. The maximum atomic E-state index is 14.2. The summed E-state index contributed by atoms with van der Waals surface area (Å²) in [5.41, 5.74) is 10.8. The maximum absolute atomic E-state index is 14.2. The van der Waals surface area contributed by atoms with Crippen molar-refractivity contribution in [3.63, 3.8) is 0 Å². The van der Waals surface area contributed by atoms with E-state index < -0.39 is 23.3 Å². The van der Waals surface area contributed by atoms with Crippen molar-refractivity contribution >= 4 is 29.7 Å². The molecule has 1 aliphatic heterocycles. The SMILES string of the molecule is CCOc1ccc(N2C(=O)[C@@H]3[C@@H](C2=O)C2c4ccccc4C3(/C=N\NC(N)=O)c3ccccc32)cc1. The molecule has 0 radical (unpaired) electrons. The minimum absolute atomic E-state index is 0.246. The van der Waals surface area contributed by atoms with Gasteiger partial charge in [0.25, 0.3) is 0 Å². The van der Waals surface area contributed by atoms with Gasteiger partial charge in [0.15, 0.2) is 0 Å². The highest BCUT2D eigenvalue weighted by Gasteiger charge is 2.68. The Morgan fingerprint density at radius 1 is 1.00 bits per heavy atom. The lowest BCUT2D eigenvalue weighted by Crippen LogP contribution is -2.54. The van der Waals surface area contributed by atoms with E-state index in [0.29, 0.717) is 18.0 Å². The number of urea groups is 1. The highest BCUT2D eigenvalue weighted by molar-refractivity contribution is 6.25. The molecule has 3 N–H and O–H groups in total. The Morgan fingerprint density at radius 2 is 1.61 bits per heavy atom. The number of carbonyl (C=O) groups is 3. The number of hydrazone groups is 1. The van der Waals surface area contributed by atoms with Gasteiger partial charge >= 0.3 is 6.03 Å². The van der Waals surface area contributed by atoms with E-state index in [4.69, 9.17) is 10.5 Å². The summed E-state index contributed by atoms with van der Waals surface area (Å²) >= 11 is 0. The summed E-state index contributed by atoms with van der Waals surface area (Å²) in [6.07, 6.45) is 1.58. The number of ether oxygens (including phenoxy) is 1. The number of amides is 4. The molecule has 2 atom stereocenters. The van der Waals surface area contributed by atoms with E-state index in [9.17, 15) is 14.4 Å². The molecule has 7 rings (SSSR count). The molecule has 1 fully saturated rings. The average Bonchev–Trinajstić information content (AvgIpc) is 3.16. The summed E-state index contributed by atoms with van der Waals surface area (Å²) in [4.78, 5) is 40.9. The van der Waals surface area contributed by atoms with Gasteiger partial charge in [0.2, 0.25) is 11.8 Å². The molecule has 0 aromatic heterocycles. The Morgan fingerprint density at radius 3 is 2.19 bits per heavy atom. The van der Waals surface area contributed by atoms with Crippen LogP contribution in [0.15, 0.2) is 77.9 Å². The van der Waals surface area contributed by atoms with Gasteiger partial charge in [0.05, 0.1) is 29.5 Å². The van der Waals surface area contributed by atoms with Gasteiger partial charge in [-0.05, 0) is 53.4 Å². The molecule has 1 heterocycles. The van der Waals surface area contributed by atoms with Crippen LogP contribution in [0.5, 0.6) is 5.75 Å². The van der Waals surface area contributed by atoms with Crippen LogP contribution >= 0.6 is 0 Å². The van der Waals surface area contributed by atoms with Crippen LogP contribution in [0, 0.1) is 11.8 Å². The second kappa shape index (κ2) is 8.05. The Hall–Kier alpha value is -4.46. The van der Waals surface area contributed by atoms with Crippen LogP contribution < -0.4 is 20.8 Å². The van der Waals surface area contributed by atoms with Gasteiger partial charge in [-0.25, -0.2) is 15.1 Å². The molecular formula is C28H24N4O4. The van der Waals surface area contributed by atoms with Crippen LogP contribution in [0.4, 0.5) is 10.5 Å². The number of nitrogens with two attached hydrogens (primary N) is 1. The molecule has 0 spiro atoms. The first-order valence-corrected chi connectivity index (χ1v) is 11.9. The van der Waals surface area contributed by atoms with Crippen molar-refractivity contribution in [1.29, 1.82) is 0 Å². The molecule has 36 heavy (non-hydrogen) atoms. The topological polar surface area (TPSA) is 114 Å². The molecule has 3 aliphatic carbocycles. The highest BCUT2D eigenvalue weighted by atomic mass is 16.5. The van der Waals surface area contributed by atoms with Crippen molar-refractivity contribution in [1.82, 2.24) is 5.43 Å². The number of hydrogen-bond acceptors (Lipinski definition) is 5. The highest BCUT2D eigenvalue weighted by Crippen LogP contribution is 2.63. The first kappa shape index (κ1) is 22.0. The molecular weight excluding hydrogens is 456 g/mol. The third-order valence-electron chi connectivity index (χ3n) is 7.53. The second-order valence-corrected chi connectivity index (χ2v) is 9.20. The lowest BCUT2D eigenvalue weighted by atomic mass is 9.47. The van der Waals surface area contributed by atoms with E-state index in [1.165, 1.54) is 4.90 Å². The third-order valence-corrected chi connectivity index (χ3v) is 7.53. The van der Waals surface area contributed by atoms with Crippen molar-refractivity contribution < 1.29 is 19.1 Å². The van der Waals surface area contributed by atoms with E-state index in [-0.39, 0.29) is 17.7 Å². The minimum Gasteiger partial charge on any atom is -0.494 e. The smallest absolute Gasteiger partial charge is 0.332 e. The zero-order chi connectivity index (χ0) is 25.0. The van der Waals surface area contributed by atoms with Crippen LogP contribution in [0.3, 0.4) is 0 Å². The normalized spacial score (nSPS) is 25.5. The summed E-state index contributed by atoms with van der Waals surface area (Å²) in [7, 11) is 0. The van der Waals surface area contributed by atoms with Crippen molar-refractivity contribution in [2.75, 3.05) is 11.5 Å². The standard InChI is InChI=1S/C28H24N4O4/c1-2-36-17-13-11-16(12-14-17)32-25(33)23-22-18-7-3-5-9-20(18)28(24(23)26(32)34,15-30-31-27(29)35)21-10-6-4-8-19(21)22/h3-15,22-24H,2H2,1H3,(H3,29,31,35)/b30-15-/t22?,23-,24-,28?/m0/s1. The molecule has 2 bridgehead atoms. The van der Waals surface area contributed by atoms with Crippen molar-refractivity contribution in [3.8, 4) is 5.75 Å². The summed E-state index contributed by atoms with van der Waals surface area (Å²) in [5.74, 6) is -1.50. The number of anilines is 1. The fourth-order valence-corrected chi connectivity index (χ4v) is 6.36. The van der Waals surface area contributed by atoms with E-state index in [2.05, 4.69) is 10.5 Å². The predicted molar refractivity (Wildman–Crippen MR) is 134 cm³/mol. The first-order chi connectivity index (χ1) is 17.5. The Kier molecular flexibility index (Phi) is 4.93. The summed E-state index contributed by atoms with van der Waals surface area (Å²) < 4.78 is 5.53. The number of nitrogens with zero attached hydrogens (tertiary/aromatic N) is 2. The second-order valence-electron chi connectivity index (χ2n) is 9.20. The zero-order valence-corrected chi connectivity index (χ0v) is 19.5. The van der Waals surface area contributed by atoms with Gasteiger partial charge < -0.3 is 10.5 Å². The molecule has 1 saturated heterocycles. The summed E-state index contributed by atoms with van der Waals surface area (Å²) in [6.45, 7) is 2.41. The van der Waals surface area contributed by atoms with Crippen LogP contribution in [-0.2, 0) is 15.0 Å². The minimum atomic E-state index is -1.05. The van der Waals surface area contributed by atoms with Gasteiger partial charge in [-0.2, -0.15) is 5.10 Å². The predicted octanol–water partition coefficient (Wildman–Crippen LogP) is 3.29. The number of imide groups is 1. The van der Waals surface area contributed by atoms with Gasteiger partial charge in [0.1, 0.15) is 5.75 Å². The quantitative estimate of drug-likeness (QED) is 0.331. The van der Waals surface area contributed by atoms with Gasteiger partial charge in [-0.3, -0.25) is 9.59 Å². The summed E-state index contributed by atoms with van der Waals surface area (Å²) in [5, 5.41) is 4.16. The Balaban J connectivity index is 1.57. The number of benzene rings is 3. The molecule has 4 aliphatic rings. The lowest BCUT2D eigenvalue weighted by Gasteiger charge is -2.52. The molecule has 3 aromatic carbocycles. The van der Waals surface area contributed by atoms with Gasteiger partial charge in [-0.1, -0.05) is 48.5 Å². The monoisotopic (exact) mass is 480 g/mol. The molecule has 180 valence electrons. The molecule has 8 heteroatoms. The van der Waals surface area contributed by atoms with Crippen molar-refractivity contribution in [2.45, 2.75) is 18.3 Å². The van der Waals surface area contributed by atoms with Crippen molar-refractivity contribution in [3.05, 3.63) is 95.1 Å². The fraction of sp³-hybridized carbons (Fsp3) is 0.214. The number of primary amides is 1. The maximum Gasteiger partial charge on any atom is 0.332 e. The Bertz CT molecular complexity index is 1380. The first-order valence-electron chi connectivity index (χ1n) is 11.9. The third kappa shape index (κ3) is 2.87. The van der Waals surface area contributed by atoms with E-state index in [0.717, 1.165) is 22.3 Å². The lowest BCUT2D eigenvalue weighted by molar-refractivity contribution is -0.122. The van der Waals surface area contributed by atoms with Gasteiger partial charge in [0, 0.05) is 12.1 Å². The number of hydrogen-bond donors (Lipinski definition) is 2. The van der Waals surface area contributed by atoms with E-state index >= 15 is 0 Å². The Labute approximate surface area is 207 Å². The van der Waals surface area contributed by atoms with E-state index in [1.54, 1.807) is 30.5 Å². The average molecular weight is 481 g/mol. The molecule has 0 unspecified atom stereocenters. The molecule has 8 nitrogen and oxygen atoms in total. The zero-order valence-electron chi connectivity index (χ0n) is 19.5. The molecule has 4 amide bonds. The van der Waals surface area contributed by atoms with Crippen LogP contribution in [0.2, 0.25) is 0 Å². The van der Waals surface area contributed by atoms with Crippen LogP contribution in [0.1, 0.15) is 35.1 Å². The molecule has 3 aromatic rings. The van der Waals surface area contributed by atoms with Gasteiger partial charge in [-0.15, -0.1) is 0 Å². The summed E-state index contributed by atoms with van der Waals surface area (Å²) in [6, 6.07) is 21.8. The number of rotatable bonds is 5. The fourth-order valence-electron chi connectivity index (χ4n) is 6.36. The van der Waals surface area contributed by atoms with E-state index in [1.807, 2.05) is 55.5 Å². The number of carbonyl (C=O) groups excluding carboxylic acids is 3.